The van der Waals surface area contributed by atoms with E-state index in [0.717, 1.165) is 16.0 Å². The molecule has 4 rings (SSSR count). The number of hydrogen-bond acceptors (Lipinski definition) is 5. The number of thioether (sulfide) groups is 1. The summed E-state index contributed by atoms with van der Waals surface area (Å²) in [6, 6.07) is 11.8. The maximum absolute atomic E-state index is 12.9. The van der Waals surface area contributed by atoms with Crippen LogP contribution >= 0.6 is 11.8 Å². The SMILES string of the molecule is O=C1CN(Cc2ccncc2-c2ccccn2)C(=O)N1c1ccc(SC(F)(F)F)cc1. The molecule has 10 heteroatoms. The molecular weight excluding hydrogens is 429 g/mol. The van der Waals surface area contributed by atoms with Gasteiger partial charge in [-0.05, 0) is 59.8 Å². The average Bonchev–Trinajstić information content (AvgIpc) is 3.02. The molecule has 0 saturated carbocycles. The van der Waals surface area contributed by atoms with E-state index in [2.05, 4.69) is 9.97 Å². The van der Waals surface area contributed by atoms with Gasteiger partial charge in [0.25, 0.3) is 5.91 Å². The number of carbonyl (C=O) groups excluding carboxylic acids is 2. The highest BCUT2D eigenvalue weighted by molar-refractivity contribution is 8.00. The molecule has 1 aliphatic heterocycles. The molecule has 1 aromatic carbocycles. The fourth-order valence-corrected chi connectivity index (χ4v) is 3.78. The maximum atomic E-state index is 12.9. The highest BCUT2D eigenvalue weighted by atomic mass is 32.2. The maximum Gasteiger partial charge on any atom is 0.446 e. The molecule has 0 unspecified atom stereocenters. The van der Waals surface area contributed by atoms with Gasteiger partial charge in [-0.25, -0.2) is 9.69 Å². The third-order valence-electron chi connectivity index (χ3n) is 4.58. The van der Waals surface area contributed by atoms with Gasteiger partial charge in [-0.3, -0.25) is 14.8 Å². The normalized spacial score (nSPS) is 14.4. The quantitative estimate of drug-likeness (QED) is 0.421. The summed E-state index contributed by atoms with van der Waals surface area (Å²) in [6.07, 6.45) is 4.90. The monoisotopic (exact) mass is 444 g/mol. The lowest BCUT2D eigenvalue weighted by molar-refractivity contribution is -0.116. The van der Waals surface area contributed by atoms with Crippen molar-refractivity contribution >= 4 is 29.4 Å². The molecule has 0 spiro atoms. The van der Waals surface area contributed by atoms with E-state index in [1.807, 2.05) is 12.1 Å². The molecule has 1 fully saturated rings. The minimum atomic E-state index is -4.41. The standard InChI is InChI=1S/C21H15F3N4O2S/c22-21(23,24)31-16-6-4-15(5-7-16)28-19(29)13-27(20(28)30)12-14-8-10-25-11-17(14)18-3-1-2-9-26-18/h1-11H,12-13H2. The molecule has 0 N–H and O–H groups in total. The number of amides is 3. The van der Waals surface area contributed by atoms with E-state index in [9.17, 15) is 22.8 Å². The first-order valence-electron chi connectivity index (χ1n) is 9.14. The second kappa shape index (κ2) is 8.38. The van der Waals surface area contributed by atoms with Crippen molar-refractivity contribution in [3.05, 3.63) is 72.7 Å². The van der Waals surface area contributed by atoms with Crippen LogP contribution in [-0.2, 0) is 11.3 Å². The van der Waals surface area contributed by atoms with Gasteiger partial charge >= 0.3 is 11.5 Å². The van der Waals surface area contributed by atoms with Crippen molar-refractivity contribution in [2.75, 3.05) is 11.4 Å². The van der Waals surface area contributed by atoms with E-state index < -0.39 is 17.4 Å². The predicted molar refractivity (Wildman–Crippen MR) is 109 cm³/mol. The van der Waals surface area contributed by atoms with Gasteiger partial charge in [0, 0.05) is 35.6 Å². The number of urea groups is 1. The second-order valence-electron chi connectivity index (χ2n) is 6.66. The minimum absolute atomic E-state index is 0.0241. The number of halogens is 3. The highest BCUT2D eigenvalue weighted by Crippen LogP contribution is 2.37. The zero-order chi connectivity index (χ0) is 22.0. The summed E-state index contributed by atoms with van der Waals surface area (Å²) in [5.41, 5.74) is -1.97. The predicted octanol–water partition coefficient (Wildman–Crippen LogP) is 4.72. The van der Waals surface area contributed by atoms with Crippen LogP contribution in [0.15, 0.2) is 72.0 Å². The zero-order valence-corrected chi connectivity index (χ0v) is 16.7. The molecule has 1 saturated heterocycles. The van der Waals surface area contributed by atoms with Crippen LogP contribution in [0.1, 0.15) is 5.56 Å². The van der Waals surface area contributed by atoms with Crippen LogP contribution in [0.3, 0.4) is 0 Å². The molecule has 6 nitrogen and oxygen atoms in total. The number of rotatable bonds is 5. The molecule has 0 bridgehead atoms. The summed E-state index contributed by atoms with van der Waals surface area (Å²) in [6.45, 7) is 0.0272. The number of imide groups is 1. The zero-order valence-electron chi connectivity index (χ0n) is 15.9. The Bertz CT molecular complexity index is 1110. The van der Waals surface area contributed by atoms with Crippen LogP contribution in [0.2, 0.25) is 0 Å². The summed E-state index contributed by atoms with van der Waals surface area (Å²) < 4.78 is 37.5. The second-order valence-corrected chi connectivity index (χ2v) is 7.80. The van der Waals surface area contributed by atoms with Gasteiger partial charge in [0.05, 0.1) is 11.4 Å². The lowest BCUT2D eigenvalue weighted by Gasteiger charge is -2.19. The Labute approximate surface area is 179 Å². The fraction of sp³-hybridized carbons (Fsp3) is 0.143. The Morgan fingerprint density at radius 3 is 2.45 bits per heavy atom. The first kappa shape index (κ1) is 20.9. The molecular formula is C21H15F3N4O2S. The lowest BCUT2D eigenvalue weighted by Crippen LogP contribution is -2.32. The van der Waals surface area contributed by atoms with E-state index in [-0.39, 0.29) is 35.4 Å². The number of pyridine rings is 2. The fourth-order valence-electron chi connectivity index (χ4n) is 3.24. The van der Waals surface area contributed by atoms with Gasteiger partial charge in [-0.1, -0.05) is 6.07 Å². The minimum Gasteiger partial charge on any atom is -0.310 e. The van der Waals surface area contributed by atoms with Gasteiger partial charge in [0.2, 0.25) is 0 Å². The van der Waals surface area contributed by atoms with Crippen LogP contribution in [0, 0.1) is 0 Å². The third-order valence-corrected chi connectivity index (χ3v) is 5.32. The molecule has 0 aliphatic carbocycles. The Hall–Kier alpha value is -3.40. The Morgan fingerprint density at radius 1 is 1.00 bits per heavy atom. The van der Waals surface area contributed by atoms with Crippen molar-refractivity contribution in [2.24, 2.45) is 0 Å². The van der Waals surface area contributed by atoms with Crippen molar-refractivity contribution in [3.63, 3.8) is 0 Å². The van der Waals surface area contributed by atoms with Gasteiger partial charge < -0.3 is 4.90 Å². The van der Waals surface area contributed by atoms with Gasteiger partial charge in [0.1, 0.15) is 6.54 Å². The van der Waals surface area contributed by atoms with Crippen LogP contribution in [-0.4, -0.2) is 38.9 Å². The number of benzene rings is 1. The van der Waals surface area contributed by atoms with Crippen molar-refractivity contribution in [1.82, 2.24) is 14.9 Å². The molecule has 3 aromatic rings. The summed E-state index contributed by atoms with van der Waals surface area (Å²) in [4.78, 5) is 36.2. The number of hydrogen-bond donors (Lipinski definition) is 0. The summed E-state index contributed by atoms with van der Waals surface area (Å²) in [5.74, 6) is -0.449. The van der Waals surface area contributed by atoms with E-state index in [4.69, 9.17) is 0 Å². The molecule has 3 amide bonds. The molecule has 31 heavy (non-hydrogen) atoms. The van der Waals surface area contributed by atoms with E-state index >= 15 is 0 Å². The first-order chi connectivity index (χ1) is 14.8. The third kappa shape index (κ3) is 4.69. The summed E-state index contributed by atoms with van der Waals surface area (Å²) >= 11 is -0.255. The topological polar surface area (TPSA) is 66.4 Å². The van der Waals surface area contributed by atoms with Gasteiger partial charge in [0.15, 0.2) is 0 Å². The molecule has 3 heterocycles. The van der Waals surface area contributed by atoms with Gasteiger partial charge in [-0.2, -0.15) is 13.2 Å². The summed E-state index contributed by atoms with van der Waals surface area (Å²) in [7, 11) is 0. The van der Waals surface area contributed by atoms with Crippen LogP contribution in [0.25, 0.3) is 11.3 Å². The molecule has 1 aliphatic rings. The molecule has 158 valence electrons. The van der Waals surface area contributed by atoms with E-state index in [1.54, 1.807) is 30.7 Å². The van der Waals surface area contributed by atoms with Crippen LogP contribution < -0.4 is 4.90 Å². The number of aromatic nitrogens is 2. The highest BCUT2D eigenvalue weighted by Gasteiger charge is 2.37. The Kier molecular flexibility index (Phi) is 5.64. The smallest absolute Gasteiger partial charge is 0.310 e. The molecule has 0 atom stereocenters. The van der Waals surface area contributed by atoms with Gasteiger partial charge in [-0.15, -0.1) is 0 Å². The van der Waals surface area contributed by atoms with E-state index in [1.165, 1.54) is 29.2 Å². The van der Waals surface area contributed by atoms with Crippen molar-refractivity contribution in [2.45, 2.75) is 16.9 Å². The van der Waals surface area contributed by atoms with E-state index in [0.29, 0.717) is 5.69 Å². The van der Waals surface area contributed by atoms with Crippen molar-refractivity contribution in [3.8, 4) is 11.3 Å². The lowest BCUT2D eigenvalue weighted by atomic mass is 10.1. The van der Waals surface area contributed by atoms with Crippen molar-refractivity contribution in [1.29, 1.82) is 0 Å². The molecule has 0 radical (unpaired) electrons. The number of alkyl halides is 3. The number of nitrogens with zero attached hydrogens (tertiary/aromatic N) is 4. The molecule has 2 aromatic heterocycles. The number of carbonyl (C=O) groups is 2. The van der Waals surface area contributed by atoms with Crippen LogP contribution in [0.5, 0.6) is 0 Å². The summed E-state index contributed by atoms with van der Waals surface area (Å²) in [5, 5.41) is 0. The Balaban J connectivity index is 1.54. The largest absolute Gasteiger partial charge is 0.446 e. The average molecular weight is 444 g/mol. The number of anilines is 1. The first-order valence-corrected chi connectivity index (χ1v) is 9.95. The van der Waals surface area contributed by atoms with Crippen molar-refractivity contribution < 1.29 is 22.8 Å². The van der Waals surface area contributed by atoms with Crippen LogP contribution in [0.4, 0.5) is 23.7 Å². The Morgan fingerprint density at radius 2 is 1.77 bits per heavy atom.